The fraction of sp³-hybridized carbons (Fsp3) is 0.474. The van der Waals surface area contributed by atoms with E-state index in [2.05, 4.69) is 32.9 Å². The zero-order valence-electron chi connectivity index (χ0n) is 15.7. The molecule has 1 aromatic carbocycles. The molecule has 28 heavy (non-hydrogen) atoms. The third-order valence-electron chi connectivity index (χ3n) is 5.69. The molecule has 0 unspecified atom stereocenters. The summed E-state index contributed by atoms with van der Waals surface area (Å²) in [6.07, 6.45) is 5.06. The maximum Gasteiger partial charge on any atom is 0.263 e. The van der Waals surface area contributed by atoms with Gasteiger partial charge in [0.1, 0.15) is 6.07 Å². The fourth-order valence-corrected chi connectivity index (χ4v) is 6.33. The monoisotopic (exact) mass is 417 g/mol. The Morgan fingerprint density at radius 1 is 1.46 bits per heavy atom. The molecular formula is C19H23N5O2S2. The fourth-order valence-electron chi connectivity index (χ4n) is 4.52. The predicted molar refractivity (Wildman–Crippen MR) is 110 cm³/mol. The first-order valence-electron chi connectivity index (χ1n) is 9.37. The lowest BCUT2D eigenvalue weighted by atomic mass is 9.90. The first kappa shape index (κ1) is 19.2. The topological polar surface area (TPSA) is 98.1 Å². The first-order valence-corrected chi connectivity index (χ1v) is 11.7. The summed E-state index contributed by atoms with van der Waals surface area (Å²) in [5, 5.41) is 15.0. The molecule has 2 atom stereocenters. The second kappa shape index (κ2) is 7.35. The van der Waals surface area contributed by atoms with E-state index in [9.17, 15) is 13.7 Å². The SMILES string of the molecule is C[C@H]1CN2CCC[C@@]2(CNc2ccc(S(=O)(=O)Nc3nccs3)cc2C#N)C1. The molecule has 0 bridgehead atoms. The van der Waals surface area contributed by atoms with Crippen LogP contribution >= 0.6 is 11.3 Å². The van der Waals surface area contributed by atoms with Crippen LogP contribution in [0.1, 0.15) is 31.7 Å². The van der Waals surface area contributed by atoms with E-state index in [1.54, 1.807) is 11.4 Å². The van der Waals surface area contributed by atoms with Crippen LogP contribution in [0.5, 0.6) is 0 Å². The van der Waals surface area contributed by atoms with Gasteiger partial charge in [-0.1, -0.05) is 6.92 Å². The molecule has 7 nitrogen and oxygen atoms in total. The number of thiazole rings is 1. The summed E-state index contributed by atoms with van der Waals surface area (Å²) in [5.41, 5.74) is 1.16. The van der Waals surface area contributed by atoms with Crippen molar-refractivity contribution in [3.05, 3.63) is 35.3 Å². The van der Waals surface area contributed by atoms with Crippen LogP contribution in [-0.2, 0) is 10.0 Å². The van der Waals surface area contributed by atoms with Gasteiger partial charge in [0, 0.05) is 30.2 Å². The molecule has 0 spiro atoms. The zero-order chi connectivity index (χ0) is 19.8. The molecule has 3 heterocycles. The Morgan fingerprint density at radius 3 is 3.07 bits per heavy atom. The molecule has 148 valence electrons. The molecule has 2 N–H and O–H groups in total. The second-order valence-corrected chi connectivity index (χ2v) is 10.3. The Kier molecular flexibility index (Phi) is 5.04. The maximum atomic E-state index is 12.5. The van der Waals surface area contributed by atoms with Gasteiger partial charge in [-0.15, -0.1) is 11.3 Å². The number of benzene rings is 1. The normalized spacial score (nSPS) is 24.6. The lowest BCUT2D eigenvalue weighted by Crippen LogP contribution is -2.44. The Balaban J connectivity index is 1.52. The lowest BCUT2D eigenvalue weighted by molar-refractivity contribution is 0.209. The van der Waals surface area contributed by atoms with E-state index in [1.165, 1.54) is 36.1 Å². The average Bonchev–Trinajstić information content (AvgIpc) is 3.35. The van der Waals surface area contributed by atoms with Crippen LogP contribution in [0.4, 0.5) is 10.8 Å². The third kappa shape index (κ3) is 3.60. The van der Waals surface area contributed by atoms with E-state index in [1.807, 2.05) is 0 Å². The van der Waals surface area contributed by atoms with E-state index in [-0.39, 0.29) is 10.4 Å². The van der Waals surface area contributed by atoms with Crippen LogP contribution in [0.15, 0.2) is 34.7 Å². The quantitative estimate of drug-likeness (QED) is 0.749. The third-order valence-corrected chi connectivity index (χ3v) is 7.84. The van der Waals surface area contributed by atoms with Crippen molar-refractivity contribution in [2.24, 2.45) is 5.92 Å². The molecule has 4 rings (SSSR count). The minimum atomic E-state index is -3.78. The second-order valence-electron chi connectivity index (χ2n) is 7.70. The summed E-state index contributed by atoms with van der Waals surface area (Å²) in [4.78, 5) is 6.56. The molecular weight excluding hydrogens is 394 g/mol. The number of hydrogen-bond acceptors (Lipinski definition) is 7. The smallest absolute Gasteiger partial charge is 0.263 e. The number of sulfonamides is 1. The van der Waals surface area contributed by atoms with Gasteiger partial charge in [-0.05, 0) is 49.9 Å². The van der Waals surface area contributed by atoms with E-state index in [0.717, 1.165) is 32.5 Å². The van der Waals surface area contributed by atoms with Crippen LogP contribution < -0.4 is 10.0 Å². The molecule has 1 aromatic heterocycles. The molecule has 0 radical (unpaired) electrons. The molecule has 2 saturated heterocycles. The highest BCUT2D eigenvalue weighted by atomic mass is 32.2. The summed E-state index contributed by atoms with van der Waals surface area (Å²) in [5.74, 6) is 0.682. The van der Waals surface area contributed by atoms with Gasteiger partial charge in [-0.2, -0.15) is 5.26 Å². The number of hydrogen-bond donors (Lipinski definition) is 2. The van der Waals surface area contributed by atoms with Gasteiger partial charge in [0.25, 0.3) is 10.0 Å². The van der Waals surface area contributed by atoms with E-state index in [4.69, 9.17) is 0 Å². The number of nitrogens with zero attached hydrogens (tertiary/aromatic N) is 3. The largest absolute Gasteiger partial charge is 0.382 e. The number of fused-ring (bicyclic) bond motifs is 1. The Labute approximate surface area is 169 Å². The summed E-state index contributed by atoms with van der Waals surface area (Å²) < 4.78 is 27.5. The van der Waals surface area contributed by atoms with Crippen molar-refractivity contribution in [2.75, 3.05) is 29.7 Å². The summed E-state index contributed by atoms with van der Waals surface area (Å²) in [7, 11) is -3.78. The molecule has 2 aliphatic rings. The number of rotatable bonds is 6. The predicted octanol–water partition coefficient (Wildman–Crippen LogP) is 3.10. The van der Waals surface area contributed by atoms with Crippen LogP contribution in [0.25, 0.3) is 0 Å². The summed E-state index contributed by atoms with van der Waals surface area (Å²) >= 11 is 1.20. The van der Waals surface area contributed by atoms with Gasteiger partial charge in [0.05, 0.1) is 16.1 Å². The maximum absolute atomic E-state index is 12.5. The standard InChI is InChI=1S/C19H23N5O2S2/c1-14-10-19(5-2-7-24(19)12-14)13-22-17-4-3-16(9-15(17)11-20)28(25,26)23-18-21-6-8-27-18/h3-4,6,8-9,14,22H,2,5,7,10,12-13H2,1H3,(H,21,23)/t14-,19+/m1/s1. The lowest BCUT2D eigenvalue weighted by Gasteiger charge is -2.32. The highest BCUT2D eigenvalue weighted by molar-refractivity contribution is 7.93. The van der Waals surface area contributed by atoms with Crippen molar-refractivity contribution >= 4 is 32.2 Å². The van der Waals surface area contributed by atoms with Crippen LogP contribution in [0, 0.1) is 17.2 Å². The number of anilines is 2. The number of nitriles is 1. The van der Waals surface area contributed by atoms with E-state index in [0.29, 0.717) is 22.3 Å². The molecule has 2 fully saturated rings. The first-order chi connectivity index (χ1) is 13.4. The Morgan fingerprint density at radius 2 is 2.32 bits per heavy atom. The molecule has 0 saturated carbocycles. The molecule has 0 amide bonds. The van der Waals surface area contributed by atoms with Gasteiger partial charge in [0.15, 0.2) is 5.13 Å². The van der Waals surface area contributed by atoms with Crippen molar-refractivity contribution in [1.29, 1.82) is 5.26 Å². The van der Waals surface area contributed by atoms with Crippen molar-refractivity contribution in [2.45, 2.75) is 36.6 Å². The van der Waals surface area contributed by atoms with Gasteiger partial charge < -0.3 is 5.32 Å². The van der Waals surface area contributed by atoms with E-state index >= 15 is 0 Å². The molecule has 9 heteroatoms. The van der Waals surface area contributed by atoms with Crippen LogP contribution in [-0.4, -0.2) is 43.5 Å². The highest BCUT2D eigenvalue weighted by Crippen LogP contribution is 2.41. The molecule has 2 aliphatic heterocycles. The molecule has 0 aliphatic carbocycles. The number of aromatic nitrogens is 1. The van der Waals surface area contributed by atoms with Gasteiger partial charge in [0.2, 0.25) is 0 Å². The van der Waals surface area contributed by atoms with Gasteiger partial charge in [-0.25, -0.2) is 13.4 Å². The molecule has 2 aromatic rings. The van der Waals surface area contributed by atoms with Gasteiger partial charge in [-0.3, -0.25) is 9.62 Å². The Bertz CT molecular complexity index is 1000. The summed E-state index contributed by atoms with van der Waals surface area (Å²) in [6.45, 7) is 5.33. The Hall–Kier alpha value is -2.15. The highest BCUT2D eigenvalue weighted by Gasteiger charge is 2.46. The zero-order valence-corrected chi connectivity index (χ0v) is 17.3. The van der Waals surface area contributed by atoms with Crippen molar-refractivity contribution in [1.82, 2.24) is 9.88 Å². The minimum absolute atomic E-state index is 0.0555. The van der Waals surface area contributed by atoms with Crippen molar-refractivity contribution < 1.29 is 8.42 Å². The van der Waals surface area contributed by atoms with Gasteiger partial charge >= 0.3 is 0 Å². The number of nitrogens with one attached hydrogen (secondary N) is 2. The van der Waals surface area contributed by atoms with Crippen LogP contribution in [0.3, 0.4) is 0 Å². The average molecular weight is 418 g/mol. The summed E-state index contributed by atoms with van der Waals surface area (Å²) in [6, 6.07) is 6.76. The minimum Gasteiger partial charge on any atom is -0.382 e. The van der Waals surface area contributed by atoms with Crippen LogP contribution in [0.2, 0.25) is 0 Å². The van der Waals surface area contributed by atoms with Crippen molar-refractivity contribution in [3.63, 3.8) is 0 Å². The van der Waals surface area contributed by atoms with E-state index < -0.39 is 10.0 Å². The van der Waals surface area contributed by atoms with Crippen molar-refractivity contribution in [3.8, 4) is 6.07 Å².